The van der Waals surface area contributed by atoms with E-state index in [-0.39, 0.29) is 35.6 Å². The van der Waals surface area contributed by atoms with Gasteiger partial charge in [0.1, 0.15) is 12.7 Å². The van der Waals surface area contributed by atoms with Gasteiger partial charge in [-0.3, -0.25) is 9.69 Å². The summed E-state index contributed by atoms with van der Waals surface area (Å²) in [6.07, 6.45) is 0.415. The van der Waals surface area contributed by atoms with E-state index in [1.807, 2.05) is 57.2 Å². The number of nitrogens with zero attached hydrogens (tertiary/aromatic N) is 1. The van der Waals surface area contributed by atoms with Crippen LogP contribution in [0.4, 0.5) is 4.39 Å². The zero-order chi connectivity index (χ0) is 22.2. The van der Waals surface area contributed by atoms with Crippen molar-refractivity contribution in [2.45, 2.75) is 58.0 Å². The van der Waals surface area contributed by atoms with Gasteiger partial charge in [-0.15, -0.1) is 0 Å². The number of hydrogen-bond donors (Lipinski definition) is 0. The molecule has 31 heavy (non-hydrogen) atoms. The van der Waals surface area contributed by atoms with Gasteiger partial charge in [0, 0.05) is 25.6 Å². The van der Waals surface area contributed by atoms with E-state index in [2.05, 4.69) is 4.90 Å². The normalized spacial score (nSPS) is 21.4. The van der Waals surface area contributed by atoms with E-state index in [1.54, 1.807) is 0 Å². The Hall–Kier alpha value is -2.44. The van der Waals surface area contributed by atoms with Crippen molar-refractivity contribution in [1.29, 1.82) is 0 Å². The maximum Gasteiger partial charge on any atom is 0.197 e. The summed E-state index contributed by atoms with van der Waals surface area (Å²) in [6.45, 7) is 7.32. The maximum atomic E-state index is 15.5. The van der Waals surface area contributed by atoms with Crippen molar-refractivity contribution in [1.82, 2.24) is 4.90 Å². The molecule has 0 aromatic heterocycles. The predicted molar refractivity (Wildman–Crippen MR) is 116 cm³/mol. The predicted octanol–water partition coefficient (Wildman–Crippen LogP) is 4.47. The summed E-state index contributed by atoms with van der Waals surface area (Å²) in [5.41, 5.74) is 2.00. The Morgan fingerprint density at radius 3 is 2.61 bits per heavy atom. The number of hydrogen-bond acceptors (Lipinski definition) is 5. The zero-order valence-electron chi connectivity index (χ0n) is 18.6. The molecule has 2 aromatic carbocycles. The van der Waals surface area contributed by atoms with E-state index in [4.69, 9.17) is 14.2 Å². The van der Waals surface area contributed by atoms with Gasteiger partial charge in [-0.1, -0.05) is 30.3 Å². The van der Waals surface area contributed by atoms with Gasteiger partial charge in [0.05, 0.1) is 12.7 Å². The lowest BCUT2D eigenvalue weighted by Crippen LogP contribution is -2.51. The monoisotopic (exact) mass is 427 g/mol. The van der Waals surface area contributed by atoms with Crippen molar-refractivity contribution < 1.29 is 23.4 Å². The van der Waals surface area contributed by atoms with Crippen LogP contribution in [0.3, 0.4) is 0 Å². The smallest absolute Gasteiger partial charge is 0.197 e. The van der Waals surface area contributed by atoms with Gasteiger partial charge in [-0.25, -0.2) is 4.39 Å². The van der Waals surface area contributed by atoms with Crippen molar-refractivity contribution in [3.8, 4) is 11.5 Å². The van der Waals surface area contributed by atoms with Crippen LogP contribution in [0, 0.1) is 5.82 Å². The van der Waals surface area contributed by atoms with E-state index in [1.165, 1.54) is 7.11 Å². The van der Waals surface area contributed by atoms with Gasteiger partial charge in [0.2, 0.25) is 0 Å². The fourth-order valence-electron chi connectivity index (χ4n) is 4.47. The summed E-state index contributed by atoms with van der Waals surface area (Å²) in [7, 11) is 1.51. The molecule has 0 spiro atoms. The third-order valence-electron chi connectivity index (χ3n) is 5.87. The minimum absolute atomic E-state index is 0.0628. The molecule has 2 unspecified atom stereocenters. The topological polar surface area (TPSA) is 48.0 Å². The summed E-state index contributed by atoms with van der Waals surface area (Å²) >= 11 is 0. The van der Waals surface area contributed by atoms with Crippen molar-refractivity contribution in [3.63, 3.8) is 0 Å². The van der Waals surface area contributed by atoms with Crippen LogP contribution in [0.5, 0.6) is 11.5 Å². The van der Waals surface area contributed by atoms with Gasteiger partial charge in [0.15, 0.2) is 23.1 Å². The van der Waals surface area contributed by atoms with Crippen molar-refractivity contribution in [2.24, 2.45) is 0 Å². The molecule has 4 rings (SSSR count). The molecule has 2 aromatic rings. The van der Waals surface area contributed by atoms with Gasteiger partial charge < -0.3 is 14.2 Å². The number of Topliss-reactive ketones (excluding diaryl/α,β-unsaturated/α-hetero) is 1. The van der Waals surface area contributed by atoms with Gasteiger partial charge in [-0.05, 0) is 49.9 Å². The van der Waals surface area contributed by atoms with Crippen LogP contribution in [0.1, 0.15) is 49.9 Å². The second kappa shape index (κ2) is 8.60. The first kappa shape index (κ1) is 21.8. The average Bonchev–Trinajstić information content (AvgIpc) is 2.73. The Kier molecular flexibility index (Phi) is 6.04. The first-order valence-corrected chi connectivity index (χ1v) is 10.8. The van der Waals surface area contributed by atoms with E-state index >= 15 is 4.39 Å². The van der Waals surface area contributed by atoms with Crippen molar-refractivity contribution in [3.05, 3.63) is 58.9 Å². The highest BCUT2D eigenvalue weighted by atomic mass is 19.1. The second-order valence-electron chi connectivity index (χ2n) is 9.21. The van der Waals surface area contributed by atoms with Crippen LogP contribution in [-0.2, 0) is 22.6 Å². The summed E-state index contributed by atoms with van der Waals surface area (Å²) in [6, 6.07) is 11.3. The molecule has 0 bridgehead atoms. The van der Waals surface area contributed by atoms with Gasteiger partial charge in [-0.2, -0.15) is 0 Å². The molecule has 166 valence electrons. The highest BCUT2D eigenvalue weighted by Crippen LogP contribution is 2.44. The molecular weight excluding hydrogens is 397 g/mol. The number of fused-ring (bicyclic) bond motifs is 3. The fourth-order valence-corrected chi connectivity index (χ4v) is 4.47. The number of halogens is 1. The second-order valence-corrected chi connectivity index (χ2v) is 9.21. The standard InChI is InChI=1S/C25H30FNO4/c1-25(2,3)31-22-14-27-11-10-17-18(19(27)13-20(22)28)12-21(29-4)24(23(17)26)30-15-16-8-6-5-7-9-16/h5-9,12,19,22H,10-11,13-15H2,1-4H3. The fraction of sp³-hybridized carbons (Fsp3) is 0.480. The number of carbonyl (C=O) groups is 1. The number of ketones is 1. The van der Waals surface area contributed by atoms with Crippen molar-refractivity contribution in [2.75, 3.05) is 20.2 Å². The molecule has 2 aliphatic heterocycles. The molecule has 0 amide bonds. The summed E-state index contributed by atoms with van der Waals surface area (Å²) in [5, 5.41) is 0. The van der Waals surface area contributed by atoms with Crippen molar-refractivity contribution >= 4 is 5.78 Å². The number of piperidine rings is 1. The minimum Gasteiger partial charge on any atom is -0.493 e. The quantitative estimate of drug-likeness (QED) is 0.705. The number of carbonyl (C=O) groups excluding carboxylic acids is 1. The third-order valence-corrected chi connectivity index (χ3v) is 5.87. The molecule has 2 aliphatic rings. The van der Waals surface area contributed by atoms with Crippen LogP contribution in [0.15, 0.2) is 36.4 Å². The SMILES string of the molecule is COc1cc2c(c(F)c1OCc1ccccc1)CCN1CC(OC(C)(C)C)C(=O)CC21. The number of methoxy groups -OCH3 is 1. The van der Waals surface area contributed by atoms with E-state index < -0.39 is 6.10 Å². The number of benzene rings is 2. The average molecular weight is 428 g/mol. The zero-order valence-corrected chi connectivity index (χ0v) is 18.6. The molecular formula is C25H30FNO4. The van der Waals surface area contributed by atoms with Crippen LogP contribution in [0.25, 0.3) is 0 Å². The first-order valence-electron chi connectivity index (χ1n) is 10.8. The highest BCUT2D eigenvalue weighted by Gasteiger charge is 2.41. The number of ether oxygens (including phenoxy) is 3. The van der Waals surface area contributed by atoms with Crippen LogP contribution >= 0.6 is 0 Å². The molecule has 6 heteroatoms. The molecule has 5 nitrogen and oxygen atoms in total. The van der Waals surface area contributed by atoms with Crippen LogP contribution in [-0.4, -0.2) is 42.6 Å². The molecule has 0 N–H and O–H groups in total. The van der Waals surface area contributed by atoms with Crippen LogP contribution < -0.4 is 9.47 Å². The van der Waals surface area contributed by atoms with E-state index in [9.17, 15) is 4.79 Å². The molecule has 0 saturated carbocycles. The lowest BCUT2D eigenvalue weighted by Gasteiger charge is -2.44. The molecule has 1 fully saturated rings. The summed E-state index contributed by atoms with van der Waals surface area (Å²) in [4.78, 5) is 15.0. The van der Waals surface area contributed by atoms with Gasteiger partial charge in [0.25, 0.3) is 0 Å². The summed E-state index contributed by atoms with van der Waals surface area (Å²) in [5.74, 6) is 0.169. The van der Waals surface area contributed by atoms with E-state index in [0.29, 0.717) is 37.2 Å². The highest BCUT2D eigenvalue weighted by molar-refractivity contribution is 5.85. The molecule has 1 saturated heterocycles. The Labute approximate surface area is 183 Å². The molecule has 0 radical (unpaired) electrons. The Morgan fingerprint density at radius 1 is 1.19 bits per heavy atom. The molecule has 2 heterocycles. The first-order chi connectivity index (χ1) is 14.8. The Morgan fingerprint density at radius 2 is 1.94 bits per heavy atom. The third kappa shape index (κ3) is 4.60. The Bertz CT molecular complexity index is 954. The van der Waals surface area contributed by atoms with E-state index in [0.717, 1.165) is 11.1 Å². The maximum absolute atomic E-state index is 15.5. The lowest BCUT2D eigenvalue weighted by atomic mass is 9.85. The molecule has 2 atom stereocenters. The Balaban J connectivity index is 1.60. The summed E-state index contributed by atoms with van der Waals surface area (Å²) < 4.78 is 32.8. The lowest BCUT2D eigenvalue weighted by molar-refractivity contribution is -0.151. The molecule has 0 aliphatic carbocycles. The number of rotatable bonds is 5. The van der Waals surface area contributed by atoms with Gasteiger partial charge >= 0.3 is 0 Å². The minimum atomic E-state index is -0.446. The van der Waals surface area contributed by atoms with Crippen LogP contribution in [0.2, 0.25) is 0 Å². The largest absolute Gasteiger partial charge is 0.493 e.